The SMILES string of the molecule is NC(N)(OO)OOC(N)(N)OOOC(N)(N)OOOC(N)(N)OOC(N)(N)OOC(N)(N)OOOC(N)(N)OOC(N)(N)OO. The minimum Gasteiger partial charge on any atom is -0.262 e. The lowest BCUT2D eigenvalue weighted by Gasteiger charge is -2.30. The maximum Gasteiger partial charge on any atom is 0.349 e. The molecule has 0 aromatic heterocycles. The summed E-state index contributed by atoms with van der Waals surface area (Å²) in [6, 6.07) is -23.3. The normalized spacial score (nSPS) is 14.8. The van der Waals surface area contributed by atoms with Gasteiger partial charge in [-0.1, -0.05) is 15.1 Å². The van der Waals surface area contributed by atoms with Crippen molar-refractivity contribution < 1.29 is 104 Å². The van der Waals surface area contributed by atoms with E-state index < -0.39 is 48.3 Å². The Morgan fingerprint density at radius 1 is 0.222 bits per heavy atom. The summed E-state index contributed by atoms with van der Waals surface area (Å²) in [4.78, 5) is 65.0. The molecule has 272 valence electrons. The van der Waals surface area contributed by atoms with E-state index in [1.807, 2.05) is 0 Å². The van der Waals surface area contributed by atoms with E-state index >= 15 is 0 Å². The van der Waals surface area contributed by atoms with Crippen molar-refractivity contribution >= 4 is 0 Å². The molecule has 34 N–H and O–H groups in total. The average molecular weight is 690 g/mol. The molecular weight excluding hydrogens is 656 g/mol. The monoisotopic (exact) mass is 690 g/mol. The van der Waals surface area contributed by atoms with E-state index in [4.69, 9.17) is 102 Å². The van der Waals surface area contributed by atoms with Crippen LogP contribution < -0.4 is 91.7 Å². The van der Waals surface area contributed by atoms with Gasteiger partial charge >= 0.3 is 48.3 Å². The maximum atomic E-state index is 8.31. The average Bonchev–Trinajstić information content (AvgIpc) is 2.88. The highest BCUT2D eigenvalue weighted by atomic mass is 17.6. The zero-order valence-electron chi connectivity index (χ0n) is 21.9. The largest absolute Gasteiger partial charge is 0.349 e. The second-order valence-corrected chi connectivity index (χ2v) is 7.32. The Morgan fingerprint density at radius 2 is 0.356 bits per heavy atom. The third kappa shape index (κ3) is 21.9. The predicted molar refractivity (Wildman–Crippen MR) is 115 cm³/mol. The second kappa shape index (κ2) is 17.1. The van der Waals surface area contributed by atoms with Crippen LogP contribution in [0, 0.1) is 0 Å². The van der Waals surface area contributed by atoms with Gasteiger partial charge in [-0.3, -0.25) is 91.7 Å². The molecule has 0 bridgehead atoms. The van der Waals surface area contributed by atoms with Crippen LogP contribution in [0.3, 0.4) is 0 Å². The molecule has 0 fully saturated rings. The Bertz CT molecular complexity index is 848. The Morgan fingerprint density at radius 3 is 0.533 bits per heavy atom. The van der Waals surface area contributed by atoms with Crippen LogP contribution in [-0.2, 0) is 93.3 Å². The number of rotatable bonds is 26. The molecule has 0 aliphatic carbocycles. The van der Waals surface area contributed by atoms with Crippen LogP contribution in [0.15, 0.2) is 0 Å². The summed E-state index contributed by atoms with van der Waals surface area (Å²) in [6.45, 7) is 0. The van der Waals surface area contributed by atoms with Crippen molar-refractivity contribution in [2.45, 2.75) is 48.3 Å². The summed E-state index contributed by atoms with van der Waals surface area (Å²) in [7, 11) is 0. The van der Waals surface area contributed by atoms with Crippen molar-refractivity contribution in [3.05, 3.63) is 0 Å². The van der Waals surface area contributed by atoms with Crippen LogP contribution >= 0.6 is 0 Å². The molecule has 0 radical (unpaired) electrons. The van der Waals surface area contributed by atoms with Gasteiger partial charge in [-0.2, -0.15) is 48.9 Å². The Hall–Kier alpha value is -1.48. The Balaban J connectivity index is 4.52. The first kappa shape index (κ1) is 43.5. The van der Waals surface area contributed by atoms with E-state index in [9.17, 15) is 0 Å². The predicted octanol–water partition coefficient (Wildman–Crippen LogP) is -12.4. The second-order valence-electron chi connectivity index (χ2n) is 7.32. The minimum atomic E-state index is -3.03. The highest BCUT2D eigenvalue weighted by molar-refractivity contribution is 4.47. The molecular formula is C8H34N16O21. The smallest absolute Gasteiger partial charge is 0.262 e. The first-order chi connectivity index (χ1) is 20.1. The first-order valence-corrected chi connectivity index (χ1v) is 9.92. The lowest BCUT2D eigenvalue weighted by atomic mass is 10.9. The van der Waals surface area contributed by atoms with Crippen molar-refractivity contribution in [1.29, 1.82) is 0 Å². The molecule has 45 heavy (non-hydrogen) atoms. The fourth-order valence-corrected chi connectivity index (χ4v) is 1.00. The lowest BCUT2D eigenvalue weighted by molar-refractivity contribution is -0.697. The van der Waals surface area contributed by atoms with Gasteiger partial charge in [-0.05, 0) is 0 Å². The van der Waals surface area contributed by atoms with Crippen molar-refractivity contribution in [2.75, 3.05) is 0 Å². The topological polar surface area (TPSA) is 632 Å². The number of hydrogen-bond donors (Lipinski definition) is 18. The van der Waals surface area contributed by atoms with Crippen LogP contribution in [0.4, 0.5) is 0 Å². The van der Waals surface area contributed by atoms with Crippen LogP contribution in [0.25, 0.3) is 0 Å². The van der Waals surface area contributed by atoms with Crippen molar-refractivity contribution in [3.8, 4) is 0 Å². The maximum absolute atomic E-state index is 8.31. The fourth-order valence-electron chi connectivity index (χ4n) is 1.00. The van der Waals surface area contributed by atoms with Crippen LogP contribution in [0.1, 0.15) is 0 Å². The molecule has 0 heterocycles. The molecule has 0 atom stereocenters. The molecule has 37 nitrogen and oxygen atoms in total. The van der Waals surface area contributed by atoms with E-state index in [1.54, 1.807) is 0 Å². The van der Waals surface area contributed by atoms with E-state index in [1.165, 1.54) is 0 Å². The molecule has 0 amide bonds. The third-order valence-electron chi connectivity index (χ3n) is 2.48. The highest BCUT2D eigenvalue weighted by Crippen LogP contribution is 2.12. The summed E-state index contributed by atoms with van der Waals surface area (Å²) < 4.78 is 0. The molecule has 0 rings (SSSR count). The van der Waals surface area contributed by atoms with Gasteiger partial charge in [0, 0.05) is 0 Å². The van der Waals surface area contributed by atoms with Gasteiger partial charge in [-0.15, -0.1) is 29.3 Å². The van der Waals surface area contributed by atoms with Crippen molar-refractivity contribution in [1.82, 2.24) is 0 Å². The third-order valence-corrected chi connectivity index (χ3v) is 2.48. The summed E-state index contributed by atoms with van der Waals surface area (Å²) in [6.07, 6.45) is 0. The van der Waals surface area contributed by atoms with E-state index in [2.05, 4.69) is 93.3 Å². The van der Waals surface area contributed by atoms with E-state index in [-0.39, 0.29) is 0 Å². The van der Waals surface area contributed by atoms with Crippen molar-refractivity contribution in [3.63, 3.8) is 0 Å². The molecule has 0 saturated carbocycles. The van der Waals surface area contributed by atoms with E-state index in [0.717, 1.165) is 0 Å². The molecule has 0 aromatic rings. The van der Waals surface area contributed by atoms with E-state index in [0.29, 0.717) is 0 Å². The highest BCUT2D eigenvalue weighted by Gasteiger charge is 2.39. The minimum absolute atomic E-state index is 2.75. The number of nitrogens with two attached hydrogens (primary N) is 16. The molecule has 0 saturated heterocycles. The van der Waals surface area contributed by atoms with Crippen LogP contribution in [0.2, 0.25) is 0 Å². The van der Waals surface area contributed by atoms with Gasteiger partial charge in [0.2, 0.25) is 0 Å². The van der Waals surface area contributed by atoms with Gasteiger partial charge in [-0.25, -0.2) is 10.5 Å². The van der Waals surface area contributed by atoms with Gasteiger partial charge in [0.1, 0.15) is 0 Å². The van der Waals surface area contributed by atoms with Crippen LogP contribution in [0.5, 0.6) is 0 Å². The standard InChI is InChI=1S/C8H34N16O21/c9-1(10,27-25)29-33-4(15,16)37-43-39-6(19,20)35-31-3(13,14)32-36-7(21,22)40-45-42-8(23,24)41-44-38-5(17,18)34-30-2(11,12)28-26/h25-26H,9-24H2. The molecule has 37 heteroatoms. The molecule has 0 aliphatic rings. The summed E-state index contributed by atoms with van der Waals surface area (Å²) in [5.41, 5.74) is 82.3. The van der Waals surface area contributed by atoms with Gasteiger partial charge < -0.3 is 0 Å². The molecule has 0 aliphatic heterocycles. The van der Waals surface area contributed by atoms with Gasteiger partial charge in [0.25, 0.3) is 0 Å². The Labute approximate surface area is 245 Å². The molecule has 0 aromatic carbocycles. The summed E-state index contributed by atoms with van der Waals surface area (Å²) in [5.74, 6) is 0. The van der Waals surface area contributed by atoms with Gasteiger partial charge in [0.05, 0.1) is 0 Å². The zero-order chi connectivity index (χ0) is 35.4. The summed E-state index contributed by atoms with van der Waals surface area (Å²) >= 11 is 0. The molecule has 0 unspecified atom stereocenters. The number of hydrogen-bond acceptors (Lipinski definition) is 37. The first-order valence-electron chi connectivity index (χ1n) is 9.92. The summed E-state index contributed by atoms with van der Waals surface area (Å²) in [5, 5.41) is 28.5. The molecule has 0 spiro atoms. The van der Waals surface area contributed by atoms with Crippen molar-refractivity contribution in [2.24, 2.45) is 91.7 Å². The fraction of sp³-hybridized carbons (Fsp3) is 1.00. The van der Waals surface area contributed by atoms with Crippen LogP contribution in [-0.4, -0.2) is 58.8 Å². The quantitative estimate of drug-likeness (QED) is 0.0227. The lowest BCUT2D eigenvalue weighted by Crippen LogP contribution is -2.64. The Kier molecular flexibility index (Phi) is 16.5. The zero-order valence-corrected chi connectivity index (χ0v) is 21.9. The van der Waals surface area contributed by atoms with Gasteiger partial charge in [0.15, 0.2) is 0 Å².